The zero-order valence-electron chi connectivity index (χ0n) is 20.6. The molecule has 0 spiro atoms. The van der Waals surface area contributed by atoms with Crippen LogP contribution in [0.1, 0.15) is 48.3 Å². The molecule has 1 aliphatic heterocycles. The van der Waals surface area contributed by atoms with Gasteiger partial charge in [0.15, 0.2) is 0 Å². The van der Waals surface area contributed by atoms with Crippen molar-refractivity contribution >= 4 is 28.5 Å². The van der Waals surface area contributed by atoms with E-state index in [0.717, 1.165) is 12.1 Å². The van der Waals surface area contributed by atoms with Gasteiger partial charge in [-0.25, -0.2) is 0 Å². The highest BCUT2D eigenvalue weighted by Crippen LogP contribution is 2.39. The molecular weight excluding hydrogens is 491 g/mol. The Balaban J connectivity index is 1.82. The van der Waals surface area contributed by atoms with Gasteiger partial charge in [0.25, 0.3) is 11.5 Å². The Hall–Kier alpha value is -4.02. The molecule has 1 aromatic heterocycles. The zero-order chi connectivity index (χ0) is 27.3. The van der Waals surface area contributed by atoms with Gasteiger partial charge in [-0.1, -0.05) is 18.2 Å². The largest absolute Gasteiger partial charge is 0.506 e. The fourth-order valence-corrected chi connectivity index (χ4v) is 4.45. The summed E-state index contributed by atoms with van der Waals surface area (Å²) in [6.45, 7) is 4.68. The summed E-state index contributed by atoms with van der Waals surface area (Å²) >= 11 is 0. The molecule has 0 saturated heterocycles. The average molecular weight is 518 g/mol. The third-order valence-corrected chi connectivity index (χ3v) is 6.01. The molecular formula is C26H26F3N3O5. The van der Waals surface area contributed by atoms with Crippen LogP contribution in [0.25, 0.3) is 10.9 Å². The van der Waals surface area contributed by atoms with Crippen LogP contribution in [0.15, 0.2) is 47.3 Å². The number of benzene rings is 2. The Morgan fingerprint density at radius 3 is 2.35 bits per heavy atom. The van der Waals surface area contributed by atoms with Crippen molar-refractivity contribution in [2.45, 2.75) is 38.6 Å². The third-order valence-electron chi connectivity index (χ3n) is 6.01. The lowest BCUT2D eigenvalue weighted by Crippen LogP contribution is -2.42. The van der Waals surface area contributed by atoms with Gasteiger partial charge in [0.05, 0.1) is 22.8 Å². The number of pyridine rings is 1. The van der Waals surface area contributed by atoms with Crippen LogP contribution in [0.3, 0.4) is 0 Å². The van der Waals surface area contributed by atoms with Crippen molar-refractivity contribution in [1.29, 1.82) is 0 Å². The van der Waals surface area contributed by atoms with Crippen LogP contribution in [-0.2, 0) is 15.7 Å². The number of para-hydroxylation sites is 1. The van der Waals surface area contributed by atoms with Gasteiger partial charge in [-0.05, 0) is 50.6 Å². The summed E-state index contributed by atoms with van der Waals surface area (Å²) in [5.41, 5.74) is -1.66. The number of nitrogens with one attached hydrogen (secondary N) is 1. The van der Waals surface area contributed by atoms with Crippen molar-refractivity contribution in [3.63, 3.8) is 0 Å². The first-order valence-corrected chi connectivity index (χ1v) is 11.5. The Kier molecular flexibility index (Phi) is 6.43. The van der Waals surface area contributed by atoms with E-state index in [4.69, 9.17) is 4.74 Å². The summed E-state index contributed by atoms with van der Waals surface area (Å²) in [5.74, 6) is -2.26. The van der Waals surface area contributed by atoms with Crippen LogP contribution in [-0.4, -0.2) is 47.3 Å². The topological polar surface area (TPSA) is 101 Å². The number of nitrogens with zero attached hydrogens (tertiary/aromatic N) is 2. The average Bonchev–Trinajstić information content (AvgIpc) is 2.80. The number of ether oxygens (including phenoxy) is 1. The number of hydrogen-bond donors (Lipinski definition) is 2. The van der Waals surface area contributed by atoms with Crippen molar-refractivity contribution in [3.8, 4) is 5.75 Å². The van der Waals surface area contributed by atoms with Crippen molar-refractivity contribution < 1.29 is 32.6 Å². The number of likely N-dealkylation sites (N-methyl/N-ethyl adjacent to an activating group) is 1. The van der Waals surface area contributed by atoms with Crippen molar-refractivity contribution in [3.05, 3.63) is 69.5 Å². The second-order valence-corrected chi connectivity index (χ2v) is 9.86. The van der Waals surface area contributed by atoms with Crippen LogP contribution < -0.4 is 15.8 Å². The fourth-order valence-electron chi connectivity index (χ4n) is 4.45. The van der Waals surface area contributed by atoms with E-state index in [1.165, 1.54) is 22.8 Å². The molecule has 196 valence electrons. The van der Waals surface area contributed by atoms with Gasteiger partial charge < -0.3 is 20.1 Å². The van der Waals surface area contributed by atoms with Crippen LogP contribution in [0.4, 0.5) is 18.9 Å². The van der Waals surface area contributed by atoms with Crippen LogP contribution in [0.2, 0.25) is 0 Å². The second-order valence-electron chi connectivity index (χ2n) is 9.86. The van der Waals surface area contributed by atoms with E-state index in [1.807, 2.05) is 4.90 Å². The molecule has 1 amide bonds. The molecule has 1 aliphatic rings. The highest BCUT2D eigenvalue weighted by molar-refractivity contribution is 6.05. The molecule has 1 atom stereocenters. The number of anilines is 1. The first-order valence-electron chi connectivity index (χ1n) is 11.5. The van der Waals surface area contributed by atoms with Gasteiger partial charge in [0.1, 0.15) is 23.5 Å². The van der Waals surface area contributed by atoms with E-state index in [1.54, 1.807) is 40.0 Å². The first-order chi connectivity index (χ1) is 17.2. The fraction of sp³-hybridized carbons (Fsp3) is 0.346. The molecule has 0 aliphatic carbocycles. The monoisotopic (exact) mass is 517 g/mol. The molecule has 2 heterocycles. The van der Waals surface area contributed by atoms with Crippen molar-refractivity contribution in [2.24, 2.45) is 0 Å². The smallest absolute Gasteiger partial charge is 0.416 e. The molecule has 11 heteroatoms. The predicted octanol–water partition coefficient (Wildman–Crippen LogP) is 3.84. The number of aromatic hydroxyl groups is 1. The van der Waals surface area contributed by atoms with Crippen molar-refractivity contribution in [1.82, 2.24) is 9.88 Å². The normalized spacial score (nSPS) is 15.5. The number of halogens is 3. The number of hydrogen-bond acceptors (Lipinski definition) is 6. The lowest BCUT2D eigenvalue weighted by Gasteiger charge is -2.35. The lowest BCUT2D eigenvalue weighted by molar-refractivity contribution is -0.153. The van der Waals surface area contributed by atoms with E-state index < -0.39 is 58.7 Å². The zero-order valence-corrected chi connectivity index (χ0v) is 20.6. The first kappa shape index (κ1) is 26.1. The second kappa shape index (κ2) is 9.13. The maximum absolute atomic E-state index is 13.7. The molecule has 8 nitrogen and oxygen atoms in total. The number of rotatable bonds is 4. The van der Waals surface area contributed by atoms with Gasteiger partial charge in [-0.15, -0.1) is 0 Å². The van der Waals surface area contributed by atoms with Crippen LogP contribution >= 0.6 is 0 Å². The molecule has 3 aromatic rings. The Morgan fingerprint density at radius 1 is 1.11 bits per heavy atom. The Morgan fingerprint density at radius 2 is 1.76 bits per heavy atom. The standard InChI is InChI=1S/C26H26F3N3O5/c1-25(2,3)37-19(33)12-30-23(35)20-22(34)16-6-5-7-17-21(16)32(24(20)36)18(13-31(17)4)14-8-10-15(11-9-14)26(27,28)29/h5-11,18,34H,12-13H2,1-4H3,(H,30,35). The van der Waals surface area contributed by atoms with Crippen LogP contribution in [0.5, 0.6) is 5.75 Å². The molecule has 37 heavy (non-hydrogen) atoms. The predicted molar refractivity (Wildman–Crippen MR) is 131 cm³/mol. The Labute approximate surface area is 210 Å². The summed E-state index contributed by atoms with van der Waals surface area (Å²) < 4.78 is 45.8. The van der Waals surface area contributed by atoms with E-state index in [0.29, 0.717) is 16.8 Å². The molecule has 1 unspecified atom stereocenters. The minimum absolute atomic E-state index is 0.211. The third kappa shape index (κ3) is 4.98. The van der Waals surface area contributed by atoms with Gasteiger partial charge in [-0.2, -0.15) is 13.2 Å². The van der Waals surface area contributed by atoms with E-state index in [2.05, 4.69) is 5.32 Å². The summed E-state index contributed by atoms with van der Waals surface area (Å²) in [6, 6.07) is 8.64. The molecule has 0 fully saturated rings. The van der Waals surface area contributed by atoms with Gasteiger partial charge in [0.2, 0.25) is 0 Å². The highest BCUT2D eigenvalue weighted by Gasteiger charge is 2.34. The number of amides is 1. The summed E-state index contributed by atoms with van der Waals surface area (Å²) in [7, 11) is 1.76. The molecule has 0 saturated carbocycles. The summed E-state index contributed by atoms with van der Waals surface area (Å²) in [5, 5.41) is 13.5. The summed E-state index contributed by atoms with van der Waals surface area (Å²) in [6.07, 6.45) is -4.52. The number of alkyl halides is 3. The van der Waals surface area contributed by atoms with Gasteiger partial charge in [0, 0.05) is 19.0 Å². The number of aromatic nitrogens is 1. The van der Waals surface area contributed by atoms with Crippen LogP contribution in [0, 0.1) is 0 Å². The number of esters is 1. The molecule has 2 N–H and O–H groups in total. The molecule has 0 radical (unpaired) electrons. The molecule has 4 rings (SSSR count). The van der Waals surface area contributed by atoms with E-state index in [-0.39, 0.29) is 11.9 Å². The molecule has 0 bridgehead atoms. The van der Waals surface area contributed by atoms with Gasteiger partial charge in [-0.3, -0.25) is 19.0 Å². The minimum Gasteiger partial charge on any atom is -0.506 e. The minimum atomic E-state index is -4.52. The lowest BCUT2D eigenvalue weighted by atomic mass is 9.98. The SMILES string of the molecule is CN1CC(c2ccc(C(F)(F)F)cc2)n2c(=O)c(C(=O)NCC(=O)OC(C)(C)C)c(O)c3cccc1c32. The Bertz CT molecular complexity index is 1440. The quantitative estimate of drug-likeness (QED) is 0.510. The van der Waals surface area contributed by atoms with E-state index >= 15 is 0 Å². The molecule has 2 aromatic carbocycles. The van der Waals surface area contributed by atoms with Gasteiger partial charge >= 0.3 is 12.1 Å². The number of carbonyl (C=O) groups is 2. The van der Waals surface area contributed by atoms with E-state index in [9.17, 15) is 32.7 Å². The number of carbonyl (C=O) groups excluding carboxylic acids is 2. The highest BCUT2D eigenvalue weighted by atomic mass is 19.4. The maximum Gasteiger partial charge on any atom is 0.416 e. The van der Waals surface area contributed by atoms with Crippen molar-refractivity contribution in [2.75, 3.05) is 25.0 Å². The summed E-state index contributed by atoms with van der Waals surface area (Å²) in [4.78, 5) is 40.6. The maximum atomic E-state index is 13.7.